The van der Waals surface area contributed by atoms with Gasteiger partial charge in [-0.25, -0.2) is 0 Å². The molecule has 0 aliphatic heterocycles. The van der Waals surface area contributed by atoms with Gasteiger partial charge in [0.15, 0.2) is 12.2 Å². The number of nitrogens with one attached hydrogen (secondary N) is 6. The maximum absolute atomic E-state index is 12.8. The Bertz CT molecular complexity index is 1480. The lowest BCUT2D eigenvalue weighted by Gasteiger charge is -2.32. The maximum Gasteiger partial charge on any atom is 0.305 e. The topological polar surface area (TPSA) is 339 Å². The second kappa shape index (κ2) is 24.8. The van der Waals surface area contributed by atoms with E-state index in [1.54, 1.807) is 27.7 Å². The van der Waals surface area contributed by atoms with Crippen molar-refractivity contribution in [3.63, 3.8) is 0 Å². The Morgan fingerprint density at radius 2 is 0.983 bits per heavy atom. The molecule has 12 N–H and O–H groups in total. The second-order valence-electron chi connectivity index (χ2n) is 17.6. The average molecular weight is 863 g/mol. The monoisotopic (exact) mass is 862 g/mol. The van der Waals surface area contributed by atoms with Crippen LogP contribution in [0.1, 0.15) is 108 Å². The molecule has 5 amide bonds. The highest BCUT2D eigenvalue weighted by Gasteiger charge is 2.38. The van der Waals surface area contributed by atoms with E-state index >= 15 is 0 Å². The van der Waals surface area contributed by atoms with Crippen molar-refractivity contribution in [2.75, 3.05) is 32.8 Å². The quantitative estimate of drug-likeness (QED) is 0.0365. The fraction of sp³-hybridized carbons (Fsp3) is 0.795. The van der Waals surface area contributed by atoms with E-state index in [1.165, 1.54) is 0 Å². The first kappa shape index (κ1) is 55.7. The third kappa shape index (κ3) is 21.3. The van der Waals surface area contributed by atoms with E-state index < -0.39 is 113 Å². The Morgan fingerprint density at radius 1 is 0.583 bits per heavy atom. The van der Waals surface area contributed by atoms with Gasteiger partial charge in [0.1, 0.15) is 24.0 Å². The van der Waals surface area contributed by atoms with Crippen LogP contribution in [0.4, 0.5) is 0 Å². The molecule has 0 aliphatic carbocycles. The van der Waals surface area contributed by atoms with E-state index in [4.69, 9.17) is 9.84 Å². The van der Waals surface area contributed by atoms with Gasteiger partial charge in [-0.05, 0) is 47.0 Å². The number of aliphatic hydroxyl groups excluding tert-OH is 4. The summed E-state index contributed by atoms with van der Waals surface area (Å²) in [7, 11) is 0. The molecule has 2 unspecified atom stereocenters. The van der Waals surface area contributed by atoms with Crippen LogP contribution in [0, 0.1) is 10.8 Å². The SMILES string of the molecule is CCC(C)(C)NC(CC(=O)O)C(=O)NCCNC(=O)[C@@H](O)[C@H](O)[C@H](O)[C@@H](O)C(=O)NCCNC(=O)C(CC(=O)O)NC(=O)CCC(C)(C)OCCC(C)(C)C(=O)C(C)(C)C. The number of ketones is 1. The summed E-state index contributed by atoms with van der Waals surface area (Å²) in [5.41, 5.74) is -2.50. The summed E-state index contributed by atoms with van der Waals surface area (Å²) >= 11 is 0. The molecule has 0 aromatic rings. The molecule has 0 aromatic carbocycles. The molecule has 6 atom stereocenters. The summed E-state index contributed by atoms with van der Waals surface area (Å²) in [6, 6.07) is -2.58. The molecule has 346 valence electrons. The fourth-order valence-electron chi connectivity index (χ4n) is 5.69. The summed E-state index contributed by atoms with van der Waals surface area (Å²) in [6.07, 6.45) is -9.60. The van der Waals surface area contributed by atoms with Crippen molar-refractivity contribution in [1.82, 2.24) is 31.9 Å². The molecular weight excluding hydrogens is 792 g/mol. The van der Waals surface area contributed by atoms with Crippen LogP contribution in [0.3, 0.4) is 0 Å². The standard InChI is InChI=1S/C39H70N6O15/c1-11-38(7,8)45-23(21-26(49)50)32(56)41-16-18-43-34(58)30(54)28(52)27(51)29(53)33(57)42-17-15-40-31(55)22(20-25(47)48)44-24(46)12-13-39(9,10)60-19-14-37(5,6)35(59)36(2,3)4/h22-23,27-30,45,51-54H,11-21H2,1-10H3,(H,40,55)(H,41,56)(H,42,57)(H,43,58)(H,44,46)(H,47,48)(H,49,50)/t22?,23?,27-,28+,29+,30-/m0/s1. The molecular formula is C39H70N6O15. The highest BCUT2D eigenvalue weighted by atomic mass is 16.5. The van der Waals surface area contributed by atoms with Crippen LogP contribution in [-0.4, -0.2) is 158 Å². The first-order valence-electron chi connectivity index (χ1n) is 19.9. The third-order valence-electron chi connectivity index (χ3n) is 9.63. The molecule has 21 nitrogen and oxygen atoms in total. The van der Waals surface area contributed by atoms with Crippen molar-refractivity contribution in [3.8, 4) is 0 Å². The maximum atomic E-state index is 12.8. The first-order chi connectivity index (χ1) is 27.4. The van der Waals surface area contributed by atoms with Crippen LogP contribution in [-0.2, 0) is 43.1 Å². The van der Waals surface area contributed by atoms with Crippen molar-refractivity contribution < 1.29 is 73.7 Å². The number of carbonyl (C=O) groups is 8. The van der Waals surface area contributed by atoms with E-state index in [0.717, 1.165) is 0 Å². The van der Waals surface area contributed by atoms with Crippen LogP contribution < -0.4 is 31.9 Å². The largest absolute Gasteiger partial charge is 0.481 e. The number of rotatable bonds is 29. The van der Waals surface area contributed by atoms with Gasteiger partial charge in [-0.15, -0.1) is 0 Å². The third-order valence-corrected chi connectivity index (χ3v) is 9.63. The zero-order chi connectivity index (χ0) is 46.8. The molecule has 21 heteroatoms. The molecule has 0 fully saturated rings. The van der Waals surface area contributed by atoms with Gasteiger partial charge in [0.25, 0.3) is 11.8 Å². The number of hydrogen-bond donors (Lipinski definition) is 12. The molecule has 0 aromatic heterocycles. The van der Waals surface area contributed by atoms with Crippen LogP contribution in [0.5, 0.6) is 0 Å². The van der Waals surface area contributed by atoms with Crippen molar-refractivity contribution in [2.24, 2.45) is 10.8 Å². The van der Waals surface area contributed by atoms with Gasteiger partial charge in [-0.2, -0.15) is 0 Å². The van der Waals surface area contributed by atoms with Gasteiger partial charge in [0.05, 0.1) is 24.5 Å². The summed E-state index contributed by atoms with van der Waals surface area (Å²) in [5, 5.41) is 73.9. The number of carbonyl (C=O) groups excluding carboxylic acids is 6. The van der Waals surface area contributed by atoms with Crippen LogP contribution in [0.2, 0.25) is 0 Å². The lowest BCUT2D eigenvalue weighted by atomic mass is 9.73. The number of aliphatic hydroxyl groups is 4. The smallest absolute Gasteiger partial charge is 0.305 e. The molecule has 0 saturated carbocycles. The molecule has 0 saturated heterocycles. The minimum Gasteiger partial charge on any atom is -0.481 e. The van der Waals surface area contributed by atoms with Gasteiger partial charge in [0, 0.05) is 55.6 Å². The Hall–Kier alpha value is -4.28. The van der Waals surface area contributed by atoms with Crippen molar-refractivity contribution in [1.29, 1.82) is 0 Å². The summed E-state index contributed by atoms with van der Waals surface area (Å²) in [4.78, 5) is 98.2. The van der Waals surface area contributed by atoms with E-state index in [-0.39, 0.29) is 51.4 Å². The number of amides is 5. The lowest BCUT2D eigenvalue weighted by molar-refractivity contribution is -0.155. The zero-order valence-corrected chi connectivity index (χ0v) is 36.6. The molecule has 0 rings (SSSR count). The van der Waals surface area contributed by atoms with Crippen LogP contribution in [0.25, 0.3) is 0 Å². The van der Waals surface area contributed by atoms with Crippen molar-refractivity contribution >= 4 is 47.3 Å². The predicted molar refractivity (Wildman–Crippen MR) is 216 cm³/mol. The fourth-order valence-corrected chi connectivity index (χ4v) is 5.69. The van der Waals surface area contributed by atoms with Crippen LogP contribution in [0.15, 0.2) is 0 Å². The number of hydrogen-bond acceptors (Lipinski definition) is 14. The minimum absolute atomic E-state index is 0.0863. The van der Waals surface area contributed by atoms with E-state index in [9.17, 15) is 63.9 Å². The van der Waals surface area contributed by atoms with Gasteiger partial charge in [-0.3, -0.25) is 38.4 Å². The Kier molecular flexibility index (Phi) is 23.1. The molecule has 0 radical (unpaired) electrons. The minimum atomic E-state index is -2.38. The average Bonchev–Trinajstić information content (AvgIpc) is 3.13. The number of carboxylic acid groups (broad SMARTS) is 2. The molecule has 0 aliphatic rings. The number of ether oxygens (including phenoxy) is 1. The number of carboxylic acids is 2. The molecule has 60 heavy (non-hydrogen) atoms. The predicted octanol–water partition coefficient (Wildman–Crippen LogP) is -1.92. The first-order valence-corrected chi connectivity index (χ1v) is 19.9. The normalized spacial score (nSPS) is 15.3. The number of aliphatic carboxylic acids is 2. The lowest BCUT2D eigenvalue weighted by Crippen LogP contribution is -2.56. The van der Waals surface area contributed by atoms with Crippen molar-refractivity contribution in [2.45, 2.75) is 155 Å². The number of Topliss-reactive ketones (excluding diaryl/α,β-unsaturated/α-hetero) is 1. The van der Waals surface area contributed by atoms with Crippen LogP contribution >= 0.6 is 0 Å². The zero-order valence-electron chi connectivity index (χ0n) is 36.6. The van der Waals surface area contributed by atoms with Gasteiger partial charge in [-0.1, -0.05) is 41.5 Å². The Labute approximate surface area is 351 Å². The van der Waals surface area contributed by atoms with E-state index in [1.807, 2.05) is 41.5 Å². The van der Waals surface area contributed by atoms with Gasteiger partial charge >= 0.3 is 11.9 Å². The highest BCUT2D eigenvalue weighted by molar-refractivity contribution is 5.91. The molecule has 0 heterocycles. The summed E-state index contributed by atoms with van der Waals surface area (Å²) in [5.74, 6) is -7.21. The Morgan fingerprint density at radius 3 is 1.38 bits per heavy atom. The highest BCUT2D eigenvalue weighted by Crippen LogP contribution is 2.32. The summed E-state index contributed by atoms with van der Waals surface area (Å²) in [6.45, 7) is 17.2. The molecule has 0 bridgehead atoms. The Balaban J connectivity index is 4.93. The van der Waals surface area contributed by atoms with E-state index in [0.29, 0.717) is 12.8 Å². The van der Waals surface area contributed by atoms with Gasteiger partial charge in [0.2, 0.25) is 17.7 Å². The summed E-state index contributed by atoms with van der Waals surface area (Å²) < 4.78 is 5.95. The van der Waals surface area contributed by atoms with E-state index in [2.05, 4.69) is 31.9 Å². The van der Waals surface area contributed by atoms with Gasteiger partial charge < -0.3 is 67.3 Å². The molecule has 0 spiro atoms. The second-order valence-corrected chi connectivity index (χ2v) is 17.6. The van der Waals surface area contributed by atoms with Crippen molar-refractivity contribution in [3.05, 3.63) is 0 Å².